The maximum Gasteiger partial charge on any atom is 0.158 e. The molecule has 16 heavy (non-hydrogen) atoms. The number of rotatable bonds is 1. The molecule has 3 N–H and O–H groups in total. The smallest absolute Gasteiger partial charge is 0.158 e. The van der Waals surface area contributed by atoms with Crippen molar-refractivity contribution in [3.8, 4) is 28.4 Å². The first kappa shape index (κ1) is 10.4. The molecule has 0 bridgehead atoms. The van der Waals surface area contributed by atoms with Gasteiger partial charge in [-0.05, 0) is 47.9 Å². The van der Waals surface area contributed by atoms with Gasteiger partial charge in [-0.1, -0.05) is 12.1 Å². The summed E-state index contributed by atoms with van der Waals surface area (Å²) in [5.41, 5.74) is 2.57. The molecule has 0 spiro atoms. The van der Waals surface area contributed by atoms with Gasteiger partial charge in [-0.2, -0.15) is 0 Å². The molecular weight excluding hydrogens is 204 g/mol. The molecule has 3 nitrogen and oxygen atoms in total. The Morgan fingerprint density at radius 1 is 0.812 bits per heavy atom. The van der Waals surface area contributed by atoms with E-state index in [0.29, 0.717) is 0 Å². The molecule has 0 amide bonds. The average molecular weight is 216 g/mol. The van der Waals surface area contributed by atoms with Gasteiger partial charge in [0.2, 0.25) is 0 Å². The molecule has 0 radical (unpaired) electrons. The third-order valence-electron chi connectivity index (χ3n) is 2.50. The normalized spacial score (nSPS) is 10.3. The van der Waals surface area contributed by atoms with Crippen LogP contribution in [0.5, 0.6) is 17.2 Å². The fourth-order valence-electron chi connectivity index (χ4n) is 1.63. The molecule has 3 heteroatoms. The molecule has 0 aliphatic rings. The Labute approximate surface area is 93.2 Å². The van der Waals surface area contributed by atoms with E-state index in [1.165, 1.54) is 12.1 Å². The molecule has 0 aromatic heterocycles. The zero-order valence-electron chi connectivity index (χ0n) is 8.81. The molecule has 0 saturated carbocycles. The minimum Gasteiger partial charge on any atom is -0.508 e. The van der Waals surface area contributed by atoms with E-state index in [0.717, 1.165) is 16.7 Å². The second-order valence-electron chi connectivity index (χ2n) is 3.70. The molecule has 0 unspecified atom stereocenters. The summed E-state index contributed by atoms with van der Waals surface area (Å²) >= 11 is 0. The fraction of sp³-hybridized carbons (Fsp3) is 0.0769. The highest BCUT2D eigenvalue weighted by Gasteiger charge is 2.07. The molecule has 0 saturated heterocycles. The number of aryl methyl sites for hydroxylation is 1. The van der Waals surface area contributed by atoms with Crippen molar-refractivity contribution >= 4 is 0 Å². The molecule has 0 atom stereocenters. The van der Waals surface area contributed by atoms with E-state index in [1.807, 2.05) is 6.92 Å². The summed E-state index contributed by atoms with van der Waals surface area (Å²) in [5.74, 6) is -0.0712. The van der Waals surface area contributed by atoms with Crippen molar-refractivity contribution in [1.29, 1.82) is 0 Å². The summed E-state index contributed by atoms with van der Waals surface area (Å²) in [7, 11) is 0. The minimum atomic E-state index is -0.145. The number of phenols is 3. The molecule has 0 heterocycles. The van der Waals surface area contributed by atoms with E-state index in [4.69, 9.17) is 0 Å². The molecular formula is C13H12O3. The predicted molar refractivity (Wildman–Crippen MR) is 61.6 cm³/mol. The Hall–Kier alpha value is -2.16. The molecule has 2 rings (SSSR count). The summed E-state index contributed by atoms with van der Waals surface area (Å²) in [6.45, 7) is 1.85. The van der Waals surface area contributed by atoms with Crippen molar-refractivity contribution in [1.82, 2.24) is 0 Å². The third kappa shape index (κ3) is 1.80. The van der Waals surface area contributed by atoms with Gasteiger partial charge in [0.1, 0.15) is 5.75 Å². The topological polar surface area (TPSA) is 60.7 Å². The Morgan fingerprint density at radius 3 is 2.00 bits per heavy atom. The Morgan fingerprint density at radius 2 is 1.38 bits per heavy atom. The first-order valence-corrected chi connectivity index (χ1v) is 4.90. The van der Waals surface area contributed by atoms with Crippen LogP contribution in [0.25, 0.3) is 11.1 Å². The van der Waals surface area contributed by atoms with Crippen LogP contribution in [-0.2, 0) is 0 Å². The monoisotopic (exact) mass is 216 g/mol. The van der Waals surface area contributed by atoms with Crippen LogP contribution in [0.2, 0.25) is 0 Å². The van der Waals surface area contributed by atoms with Crippen LogP contribution in [0.4, 0.5) is 0 Å². The van der Waals surface area contributed by atoms with Crippen LogP contribution in [0.3, 0.4) is 0 Å². The van der Waals surface area contributed by atoms with Crippen molar-refractivity contribution in [3.05, 3.63) is 42.0 Å². The Balaban J connectivity index is 2.56. The molecule has 82 valence electrons. The molecule has 2 aromatic rings. The van der Waals surface area contributed by atoms with E-state index in [-0.39, 0.29) is 17.2 Å². The number of hydrogen-bond donors (Lipinski definition) is 3. The van der Waals surface area contributed by atoms with Gasteiger partial charge < -0.3 is 15.3 Å². The van der Waals surface area contributed by atoms with E-state index in [9.17, 15) is 15.3 Å². The van der Waals surface area contributed by atoms with Crippen LogP contribution < -0.4 is 0 Å². The van der Waals surface area contributed by atoms with Crippen molar-refractivity contribution in [3.63, 3.8) is 0 Å². The highest BCUT2D eigenvalue weighted by molar-refractivity contribution is 5.71. The van der Waals surface area contributed by atoms with Crippen LogP contribution in [0.1, 0.15) is 5.56 Å². The van der Waals surface area contributed by atoms with Crippen molar-refractivity contribution in [2.24, 2.45) is 0 Å². The first-order valence-electron chi connectivity index (χ1n) is 4.90. The predicted octanol–water partition coefficient (Wildman–Crippen LogP) is 2.78. The van der Waals surface area contributed by atoms with Gasteiger partial charge in [-0.15, -0.1) is 0 Å². The zero-order valence-corrected chi connectivity index (χ0v) is 8.81. The second kappa shape index (κ2) is 3.77. The quantitative estimate of drug-likeness (QED) is 0.642. The van der Waals surface area contributed by atoms with Gasteiger partial charge in [0, 0.05) is 0 Å². The maximum atomic E-state index is 9.44. The largest absolute Gasteiger partial charge is 0.508 e. The van der Waals surface area contributed by atoms with E-state index in [2.05, 4.69) is 0 Å². The average Bonchev–Trinajstić information content (AvgIpc) is 2.25. The summed E-state index contributed by atoms with van der Waals surface area (Å²) in [5, 5.41) is 27.9. The van der Waals surface area contributed by atoms with Gasteiger partial charge in [0.15, 0.2) is 11.5 Å². The summed E-state index contributed by atoms with van der Waals surface area (Å²) in [6.07, 6.45) is 0. The number of aromatic hydroxyl groups is 3. The van der Waals surface area contributed by atoms with Crippen molar-refractivity contribution < 1.29 is 15.3 Å². The summed E-state index contributed by atoms with van der Waals surface area (Å²) < 4.78 is 0. The minimum absolute atomic E-state index is 0.125. The van der Waals surface area contributed by atoms with Crippen molar-refractivity contribution in [2.45, 2.75) is 6.92 Å². The lowest BCUT2D eigenvalue weighted by molar-refractivity contribution is 0.403. The van der Waals surface area contributed by atoms with Gasteiger partial charge >= 0.3 is 0 Å². The third-order valence-corrected chi connectivity index (χ3v) is 2.50. The van der Waals surface area contributed by atoms with Crippen LogP contribution >= 0.6 is 0 Å². The second-order valence-corrected chi connectivity index (χ2v) is 3.70. The molecule has 2 aromatic carbocycles. The highest BCUT2D eigenvalue weighted by Crippen LogP contribution is 2.34. The summed E-state index contributed by atoms with van der Waals surface area (Å²) in [6, 6.07) is 9.70. The van der Waals surface area contributed by atoms with Crippen LogP contribution in [0.15, 0.2) is 36.4 Å². The Kier molecular flexibility index (Phi) is 2.44. The van der Waals surface area contributed by atoms with E-state index < -0.39 is 0 Å². The molecule has 0 fully saturated rings. The van der Waals surface area contributed by atoms with Crippen LogP contribution in [0, 0.1) is 6.92 Å². The SMILES string of the molecule is Cc1cc(O)c(O)cc1-c1ccc(O)cc1. The number of benzene rings is 2. The van der Waals surface area contributed by atoms with Crippen LogP contribution in [-0.4, -0.2) is 15.3 Å². The standard InChI is InChI=1S/C13H12O3/c1-8-6-12(15)13(16)7-11(8)9-2-4-10(14)5-3-9/h2-7,14-16H,1H3. The van der Waals surface area contributed by atoms with Gasteiger partial charge in [0.25, 0.3) is 0 Å². The lowest BCUT2D eigenvalue weighted by Crippen LogP contribution is -1.83. The molecule has 0 aliphatic heterocycles. The fourth-order valence-corrected chi connectivity index (χ4v) is 1.63. The van der Waals surface area contributed by atoms with Gasteiger partial charge in [-0.25, -0.2) is 0 Å². The molecule has 0 aliphatic carbocycles. The van der Waals surface area contributed by atoms with Gasteiger partial charge in [0.05, 0.1) is 0 Å². The lowest BCUT2D eigenvalue weighted by atomic mass is 10.00. The van der Waals surface area contributed by atoms with Crippen molar-refractivity contribution in [2.75, 3.05) is 0 Å². The number of phenolic OH excluding ortho intramolecular Hbond substituents is 3. The van der Waals surface area contributed by atoms with E-state index in [1.54, 1.807) is 24.3 Å². The zero-order chi connectivity index (χ0) is 11.7. The van der Waals surface area contributed by atoms with E-state index >= 15 is 0 Å². The maximum absolute atomic E-state index is 9.44. The van der Waals surface area contributed by atoms with Gasteiger partial charge in [-0.3, -0.25) is 0 Å². The number of hydrogen-bond acceptors (Lipinski definition) is 3. The Bertz CT molecular complexity index is 515. The summed E-state index contributed by atoms with van der Waals surface area (Å²) in [4.78, 5) is 0. The lowest BCUT2D eigenvalue weighted by Gasteiger charge is -2.08. The highest BCUT2D eigenvalue weighted by atomic mass is 16.3. The first-order chi connectivity index (χ1) is 7.58.